The number of nitrogens with zero attached hydrogens (tertiary/aromatic N) is 1. The summed E-state index contributed by atoms with van der Waals surface area (Å²) in [6.45, 7) is 5.44. The van der Waals surface area contributed by atoms with Crippen LogP contribution in [-0.4, -0.2) is 57.0 Å². The molecule has 0 aliphatic carbocycles. The molecular weight excluding hydrogens is 216 g/mol. The highest BCUT2D eigenvalue weighted by Gasteiger charge is 2.38. The Kier molecular flexibility index (Phi) is 6.41. The summed E-state index contributed by atoms with van der Waals surface area (Å²) >= 11 is 0. The van der Waals surface area contributed by atoms with Crippen LogP contribution in [0.5, 0.6) is 0 Å². The molecule has 2 unspecified atom stereocenters. The second-order valence-electron chi connectivity index (χ2n) is 5.08. The number of nitrogens with two attached hydrogens (primary N) is 1. The van der Waals surface area contributed by atoms with Crippen molar-refractivity contribution in [1.29, 1.82) is 0 Å². The van der Waals surface area contributed by atoms with E-state index in [2.05, 4.69) is 18.9 Å². The van der Waals surface area contributed by atoms with E-state index in [1.54, 1.807) is 7.11 Å². The fraction of sp³-hybridized carbons (Fsp3) is 1.00. The van der Waals surface area contributed by atoms with Crippen LogP contribution in [0.4, 0.5) is 0 Å². The Balaban J connectivity index is 2.59. The molecule has 102 valence electrons. The molecule has 1 aliphatic heterocycles. The molecule has 4 heteroatoms. The summed E-state index contributed by atoms with van der Waals surface area (Å²) < 4.78 is 11.0. The predicted molar refractivity (Wildman–Crippen MR) is 70.2 cm³/mol. The van der Waals surface area contributed by atoms with E-state index in [0.717, 1.165) is 39.0 Å². The summed E-state index contributed by atoms with van der Waals surface area (Å²) in [5.74, 6) is 0. The lowest BCUT2D eigenvalue weighted by Crippen LogP contribution is -2.57. The minimum Gasteiger partial charge on any atom is -0.383 e. The molecule has 0 saturated carbocycles. The Hall–Kier alpha value is -0.160. The number of hydrogen-bond donors (Lipinski definition) is 1. The van der Waals surface area contributed by atoms with Gasteiger partial charge in [-0.05, 0) is 26.3 Å². The molecular formula is C13H28N2O2. The molecule has 1 fully saturated rings. The monoisotopic (exact) mass is 244 g/mol. The molecule has 0 amide bonds. The maximum atomic E-state index is 6.03. The van der Waals surface area contributed by atoms with Crippen molar-refractivity contribution in [3.8, 4) is 0 Å². The third kappa shape index (κ3) is 3.91. The van der Waals surface area contributed by atoms with Crippen LogP contribution in [0.15, 0.2) is 0 Å². The van der Waals surface area contributed by atoms with Crippen LogP contribution in [0, 0.1) is 0 Å². The Morgan fingerprint density at radius 1 is 1.53 bits per heavy atom. The van der Waals surface area contributed by atoms with Gasteiger partial charge in [0.15, 0.2) is 0 Å². The molecule has 1 aliphatic rings. The topological polar surface area (TPSA) is 47.7 Å². The quantitative estimate of drug-likeness (QED) is 0.732. The summed E-state index contributed by atoms with van der Waals surface area (Å²) in [7, 11) is 3.90. The Morgan fingerprint density at radius 3 is 2.88 bits per heavy atom. The van der Waals surface area contributed by atoms with E-state index in [4.69, 9.17) is 15.2 Å². The van der Waals surface area contributed by atoms with Gasteiger partial charge in [0, 0.05) is 32.3 Å². The van der Waals surface area contributed by atoms with Crippen molar-refractivity contribution in [3.63, 3.8) is 0 Å². The van der Waals surface area contributed by atoms with Gasteiger partial charge in [-0.3, -0.25) is 4.90 Å². The van der Waals surface area contributed by atoms with E-state index in [9.17, 15) is 0 Å². The first-order valence-corrected chi connectivity index (χ1v) is 6.70. The lowest BCUT2D eigenvalue weighted by atomic mass is 9.84. The van der Waals surface area contributed by atoms with Gasteiger partial charge in [-0.2, -0.15) is 0 Å². The predicted octanol–water partition coefficient (Wildman–Crippen LogP) is 1.24. The highest BCUT2D eigenvalue weighted by atomic mass is 16.5. The van der Waals surface area contributed by atoms with E-state index in [-0.39, 0.29) is 5.54 Å². The molecule has 0 radical (unpaired) electrons. The zero-order chi connectivity index (χ0) is 12.7. The first-order chi connectivity index (χ1) is 8.18. The van der Waals surface area contributed by atoms with Crippen molar-refractivity contribution in [1.82, 2.24) is 4.90 Å². The van der Waals surface area contributed by atoms with Gasteiger partial charge in [-0.1, -0.05) is 13.3 Å². The SMILES string of the molecule is CCCC1CC(CN)(N(C)CCOC)CCO1. The summed E-state index contributed by atoms with van der Waals surface area (Å²) in [4.78, 5) is 2.36. The van der Waals surface area contributed by atoms with Crippen molar-refractivity contribution in [2.45, 2.75) is 44.2 Å². The second kappa shape index (κ2) is 7.31. The van der Waals surface area contributed by atoms with Gasteiger partial charge in [0.05, 0.1) is 12.7 Å². The van der Waals surface area contributed by atoms with Gasteiger partial charge in [-0.15, -0.1) is 0 Å². The molecule has 0 aromatic heterocycles. The molecule has 1 rings (SSSR count). The number of ether oxygens (including phenoxy) is 2. The van der Waals surface area contributed by atoms with Crippen LogP contribution in [0.25, 0.3) is 0 Å². The number of hydrogen-bond acceptors (Lipinski definition) is 4. The lowest BCUT2D eigenvalue weighted by molar-refractivity contribution is -0.0702. The lowest BCUT2D eigenvalue weighted by Gasteiger charge is -2.46. The van der Waals surface area contributed by atoms with E-state index in [1.807, 2.05) is 0 Å². The molecule has 0 bridgehead atoms. The van der Waals surface area contributed by atoms with Crippen LogP contribution in [0.1, 0.15) is 32.6 Å². The minimum atomic E-state index is 0.108. The molecule has 2 atom stereocenters. The highest BCUT2D eigenvalue weighted by molar-refractivity contribution is 4.95. The van der Waals surface area contributed by atoms with Crippen molar-refractivity contribution in [2.75, 3.05) is 40.5 Å². The third-order valence-corrected chi connectivity index (χ3v) is 3.96. The fourth-order valence-corrected chi connectivity index (χ4v) is 2.66. The molecule has 2 N–H and O–H groups in total. The zero-order valence-corrected chi connectivity index (χ0v) is 11.6. The van der Waals surface area contributed by atoms with Crippen molar-refractivity contribution in [3.05, 3.63) is 0 Å². The largest absolute Gasteiger partial charge is 0.383 e. The fourth-order valence-electron chi connectivity index (χ4n) is 2.66. The second-order valence-corrected chi connectivity index (χ2v) is 5.08. The van der Waals surface area contributed by atoms with Gasteiger partial charge in [-0.25, -0.2) is 0 Å². The van der Waals surface area contributed by atoms with Crippen LogP contribution in [0.2, 0.25) is 0 Å². The van der Waals surface area contributed by atoms with E-state index < -0.39 is 0 Å². The molecule has 0 aromatic rings. The summed E-state index contributed by atoms with van der Waals surface area (Å²) in [6.07, 6.45) is 4.77. The van der Waals surface area contributed by atoms with Crippen LogP contribution < -0.4 is 5.73 Å². The number of rotatable bonds is 7. The summed E-state index contributed by atoms with van der Waals surface area (Å²) in [6, 6.07) is 0. The van der Waals surface area contributed by atoms with Crippen molar-refractivity contribution >= 4 is 0 Å². The number of likely N-dealkylation sites (N-methyl/N-ethyl adjacent to an activating group) is 1. The summed E-state index contributed by atoms with van der Waals surface area (Å²) in [5.41, 5.74) is 6.14. The average molecular weight is 244 g/mol. The first-order valence-electron chi connectivity index (χ1n) is 6.70. The Bertz CT molecular complexity index is 212. The van der Waals surface area contributed by atoms with Crippen molar-refractivity contribution in [2.24, 2.45) is 5.73 Å². The van der Waals surface area contributed by atoms with Crippen LogP contribution in [-0.2, 0) is 9.47 Å². The van der Waals surface area contributed by atoms with Crippen LogP contribution >= 0.6 is 0 Å². The Labute approximate surface area is 105 Å². The smallest absolute Gasteiger partial charge is 0.0593 e. The van der Waals surface area contributed by atoms with Crippen molar-refractivity contribution < 1.29 is 9.47 Å². The van der Waals surface area contributed by atoms with E-state index in [1.165, 1.54) is 6.42 Å². The molecule has 0 spiro atoms. The standard InChI is InChI=1S/C13H28N2O2/c1-4-5-12-10-13(11-14,6-8-17-12)15(2)7-9-16-3/h12H,4-11,14H2,1-3H3. The van der Waals surface area contributed by atoms with Gasteiger partial charge in [0.1, 0.15) is 0 Å². The van der Waals surface area contributed by atoms with Gasteiger partial charge in [0.25, 0.3) is 0 Å². The van der Waals surface area contributed by atoms with E-state index in [0.29, 0.717) is 12.6 Å². The van der Waals surface area contributed by atoms with Gasteiger partial charge < -0.3 is 15.2 Å². The molecule has 4 nitrogen and oxygen atoms in total. The highest BCUT2D eigenvalue weighted by Crippen LogP contribution is 2.30. The van der Waals surface area contributed by atoms with E-state index >= 15 is 0 Å². The third-order valence-electron chi connectivity index (χ3n) is 3.96. The normalized spacial score (nSPS) is 29.8. The molecule has 0 aromatic carbocycles. The zero-order valence-electron chi connectivity index (χ0n) is 11.6. The maximum Gasteiger partial charge on any atom is 0.0593 e. The average Bonchev–Trinajstić information content (AvgIpc) is 2.36. The maximum absolute atomic E-state index is 6.03. The summed E-state index contributed by atoms with van der Waals surface area (Å²) in [5, 5.41) is 0. The van der Waals surface area contributed by atoms with Gasteiger partial charge >= 0.3 is 0 Å². The van der Waals surface area contributed by atoms with Crippen LogP contribution in [0.3, 0.4) is 0 Å². The Morgan fingerprint density at radius 2 is 2.29 bits per heavy atom. The molecule has 1 saturated heterocycles. The molecule has 1 heterocycles. The first kappa shape index (κ1) is 14.9. The molecule has 17 heavy (non-hydrogen) atoms. The van der Waals surface area contributed by atoms with Gasteiger partial charge in [0.2, 0.25) is 0 Å². The number of methoxy groups -OCH3 is 1. The minimum absolute atomic E-state index is 0.108.